The van der Waals surface area contributed by atoms with E-state index in [1.54, 1.807) is 7.05 Å². The third-order valence-corrected chi connectivity index (χ3v) is 2.66. The molecule has 0 aliphatic carbocycles. The van der Waals surface area contributed by atoms with Gasteiger partial charge in [0.05, 0.1) is 11.8 Å². The second kappa shape index (κ2) is 3.46. The molecule has 1 aromatic heterocycles. The Morgan fingerprint density at radius 3 is 2.64 bits per heavy atom. The molecule has 0 bridgehead atoms. The summed E-state index contributed by atoms with van der Waals surface area (Å²) < 4.78 is 7.27. The van der Waals surface area contributed by atoms with Crippen LogP contribution in [0.3, 0.4) is 0 Å². The Labute approximate surface area is 89.1 Å². The molecule has 2 aromatic rings. The number of nitrogens with zero attached hydrogens (tertiary/aromatic N) is 1. The molecule has 0 N–H and O–H groups in total. The highest BCUT2D eigenvalue weighted by Gasteiger charge is 2.08. The van der Waals surface area contributed by atoms with Crippen molar-refractivity contribution in [2.75, 3.05) is 0 Å². The fourth-order valence-corrected chi connectivity index (χ4v) is 1.82. The van der Waals surface area contributed by atoms with Crippen molar-refractivity contribution < 1.29 is 4.52 Å². The van der Waals surface area contributed by atoms with Crippen LogP contribution in [0.4, 0.5) is 0 Å². The molecule has 4 heteroatoms. The molecule has 2 rings (SSSR count). The predicted molar refractivity (Wildman–Crippen MR) is 57.1 cm³/mol. The summed E-state index contributed by atoms with van der Waals surface area (Å²) in [6, 6.07) is 9.16. The van der Waals surface area contributed by atoms with Crippen molar-refractivity contribution >= 4 is 15.9 Å². The maximum Gasteiger partial charge on any atom is 0.358 e. The predicted octanol–water partition coefficient (Wildman–Crippen LogP) is 2.41. The smallest absolute Gasteiger partial charge is 0.336 e. The average Bonchev–Trinajstić information content (AvgIpc) is 2.46. The van der Waals surface area contributed by atoms with Gasteiger partial charge in [-0.05, 0) is 6.07 Å². The minimum absolute atomic E-state index is 0.335. The van der Waals surface area contributed by atoms with Gasteiger partial charge in [-0.1, -0.05) is 34.1 Å². The second-order valence-electron chi connectivity index (χ2n) is 2.92. The molecule has 0 amide bonds. The molecule has 0 fully saturated rings. The molecule has 0 aliphatic rings. The Hall–Kier alpha value is -1.29. The molecular formula is C10H8BrNO2. The molecular weight excluding hydrogens is 246 g/mol. The van der Waals surface area contributed by atoms with E-state index in [0.717, 1.165) is 15.7 Å². The van der Waals surface area contributed by atoms with Gasteiger partial charge in [0.25, 0.3) is 0 Å². The van der Waals surface area contributed by atoms with Crippen LogP contribution in [-0.4, -0.2) is 4.74 Å². The first kappa shape index (κ1) is 9.27. The molecule has 0 saturated carbocycles. The van der Waals surface area contributed by atoms with Crippen LogP contribution in [0.1, 0.15) is 0 Å². The highest BCUT2D eigenvalue weighted by molar-refractivity contribution is 9.10. The SMILES string of the molecule is Cn1oc(=O)cc1-c1ccccc1Br. The monoisotopic (exact) mass is 253 g/mol. The van der Waals surface area contributed by atoms with Crippen LogP contribution in [0, 0.1) is 0 Å². The first-order chi connectivity index (χ1) is 6.68. The molecule has 0 aliphatic heterocycles. The van der Waals surface area contributed by atoms with Gasteiger partial charge in [0.15, 0.2) is 0 Å². The number of rotatable bonds is 1. The third kappa shape index (κ3) is 1.53. The lowest BCUT2D eigenvalue weighted by molar-refractivity contribution is 0.289. The van der Waals surface area contributed by atoms with Gasteiger partial charge >= 0.3 is 5.63 Å². The van der Waals surface area contributed by atoms with Crippen molar-refractivity contribution in [2.24, 2.45) is 7.05 Å². The van der Waals surface area contributed by atoms with E-state index in [9.17, 15) is 4.79 Å². The topological polar surface area (TPSA) is 35.1 Å². The van der Waals surface area contributed by atoms with Crippen molar-refractivity contribution in [3.05, 3.63) is 45.2 Å². The van der Waals surface area contributed by atoms with Crippen LogP contribution in [0.5, 0.6) is 0 Å². The Bertz CT molecular complexity index is 513. The van der Waals surface area contributed by atoms with Crippen LogP contribution >= 0.6 is 15.9 Å². The number of benzene rings is 1. The van der Waals surface area contributed by atoms with E-state index in [1.807, 2.05) is 24.3 Å². The van der Waals surface area contributed by atoms with E-state index >= 15 is 0 Å². The maximum absolute atomic E-state index is 11.0. The molecule has 0 spiro atoms. The number of aryl methyl sites for hydroxylation is 1. The Morgan fingerprint density at radius 2 is 2.07 bits per heavy atom. The van der Waals surface area contributed by atoms with Gasteiger partial charge in [0.2, 0.25) is 0 Å². The summed E-state index contributed by atoms with van der Waals surface area (Å²) in [4.78, 5) is 11.0. The third-order valence-electron chi connectivity index (χ3n) is 1.97. The van der Waals surface area contributed by atoms with E-state index in [2.05, 4.69) is 15.9 Å². The number of hydrogen-bond acceptors (Lipinski definition) is 2. The average molecular weight is 254 g/mol. The first-order valence-electron chi connectivity index (χ1n) is 4.11. The minimum atomic E-state index is -0.335. The van der Waals surface area contributed by atoms with Crippen molar-refractivity contribution in [2.45, 2.75) is 0 Å². The van der Waals surface area contributed by atoms with E-state index in [4.69, 9.17) is 4.52 Å². The van der Waals surface area contributed by atoms with Gasteiger partial charge in [-0.2, -0.15) is 0 Å². The Kier molecular flexibility index (Phi) is 2.29. The van der Waals surface area contributed by atoms with E-state index in [1.165, 1.54) is 10.8 Å². The zero-order valence-corrected chi connectivity index (χ0v) is 9.11. The number of hydrogen-bond donors (Lipinski definition) is 0. The van der Waals surface area contributed by atoms with Gasteiger partial charge in [-0.15, -0.1) is 0 Å². The Balaban J connectivity index is 2.66. The highest BCUT2D eigenvalue weighted by Crippen LogP contribution is 2.26. The highest BCUT2D eigenvalue weighted by atomic mass is 79.9. The van der Waals surface area contributed by atoms with Crippen LogP contribution in [0.25, 0.3) is 11.3 Å². The maximum atomic E-state index is 11.0. The standard InChI is InChI=1S/C10H8BrNO2/c1-12-9(6-10(13)14-12)7-4-2-3-5-8(7)11/h2-6H,1H3. The van der Waals surface area contributed by atoms with Crippen LogP contribution in [-0.2, 0) is 7.05 Å². The van der Waals surface area contributed by atoms with Crippen LogP contribution in [0.2, 0.25) is 0 Å². The summed E-state index contributed by atoms with van der Waals surface area (Å²) in [5.41, 5.74) is 1.38. The van der Waals surface area contributed by atoms with Crippen molar-refractivity contribution in [1.29, 1.82) is 0 Å². The fourth-order valence-electron chi connectivity index (χ4n) is 1.33. The molecule has 0 unspecified atom stereocenters. The van der Waals surface area contributed by atoms with E-state index < -0.39 is 0 Å². The summed E-state index contributed by atoms with van der Waals surface area (Å²) in [6.45, 7) is 0. The van der Waals surface area contributed by atoms with Gasteiger partial charge < -0.3 is 4.52 Å². The zero-order valence-electron chi connectivity index (χ0n) is 7.53. The lowest BCUT2D eigenvalue weighted by atomic mass is 10.1. The van der Waals surface area contributed by atoms with Crippen molar-refractivity contribution in [3.63, 3.8) is 0 Å². The minimum Gasteiger partial charge on any atom is -0.336 e. The van der Waals surface area contributed by atoms with Crippen molar-refractivity contribution in [3.8, 4) is 11.3 Å². The Morgan fingerprint density at radius 1 is 1.36 bits per heavy atom. The second-order valence-corrected chi connectivity index (χ2v) is 3.77. The summed E-state index contributed by atoms with van der Waals surface area (Å²) in [5, 5.41) is 0. The molecule has 14 heavy (non-hydrogen) atoms. The molecule has 0 atom stereocenters. The summed E-state index contributed by atoms with van der Waals surface area (Å²) >= 11 is 3.42. The summed E-state index contributed by atoms with van der Waals surface area (Å²) in [6.07, 6.45) is 0. The first-order valence-corrected chi connectivity index (χ1v) is 4.90. The van der Waals surface area contributed by atoms with Crippen LogP contribution < -0.4 is 5.63 Å². The fraction of sp³-hybridized carbons (Fsp3) is 0.100. The van der Waals surface area contributed by atoms with Gasteiger partial charge in [-0.25, -0.2) is 9.53 Å². The number of halogens is 1. The largest absolute Gasteiger partial charge is 0.358 e. The van der Waals surface area contributed by atoms with Crippen molar-refractivity contribution in [1.82, 2.24) is 4.74 Å². The molecule has 0 radical (unpaired) electrons. The quantitative estimate of drug-likeness (QED) is 0.783. The van der Waals surface area contributed by atoms with Crippen LogP contribution in [0.15, 0.2) is 44.1 Å². The van der Waals surface area contributed by atoms with Gasteiger partial charge in [0.1, 0.15) is 0 Å². The lowest BCUT2D eigenvalue weighted by Crippen LogP contribution is -1.90. The lowest BCUT2D eigenvalue weighted by Gasteiger charge is -2.02. The number of aromatic nitrogens is 1. The molecule has 1 heterocycles. The molecule has 3 nitrogen and oxygen atoms in total. The normalized spacial score (nSPS) is 10.4. The molecule has 72 valence electrons. The molecule has 0 saturated heterocycles. The van der Waals surface area contributed by atoms with E-state index in [-0.39, 0.29) is 5.63 Å². The summed E-state index contributed by atoms with van der Waals surface area (Å²) in [7, 11) is 1.70. The summed E-state index contributed by atoms with van der Waals surface area (Å²) in [5.74, 6) is 0. The van der Waals surface area contributed by atoms with E-state index in [0.29, 0.717) is 0 Å². The van der Waals surface area contributed by atoms with Gasteiger partial charge in [0, 0.05) is 17.1 Å². The zero-order chi connectivity index (χ0) is 10.1. The van der Waals surface area contributed by atoms with Gasteiger partial charge in [-0.3, -0.25) is 0 Å². The molecule has 1 aromatic carbocycles.